The fourth-order valence-electron chi connectivity index (χ4n) is 1.80. The van der Waals surface area contributed by atoms with Crippen LogP contribution in [-0.4, -0.2) is 13.3 Å². The number of nitrogens with zero attached hydrogens (tertiary/aromatic N) is 1. The zero-order chi connectivity index (χ0) is 15.6. The second kappa shape index (κ2) is 5.53. The standard InChI is InChI=1S/C14H14N2O4S/c1-10-3-7-13(8-4-10)21(19,20)15-12-6-5-11(2)14(9-12)16(17)18/h3-9,15H,1-2H3. The van der Waals surface area contributed by atoms with Gasteiger partial charge in [-0.1, -0.05) is 23.8 Å². The summed E-state index contributed by atoms with van der Waals surface area (Å²) in [6, 6.07) is 10.6. The average Bonchev–Trinajstić information content (AvgIpc) is 2.41. The van der Waals surface area contributed by atoms with Gasteiger partial charge >= 0.3 is 0 Å². The van der Waals surface area contributed by atoms with Crippen LogP contribution >= 0.6 is 0 Å². The summed E-state index contributed by atoms with van der Waals surface area (Å²) in [6.45, 7) is 3.45. The van der Waals surface area contributed by atoms with E-state index in [1.807, 2.05) is 6.92 Å². The van der Waals surface area contributed by atoms with Gasteiger partial charge in [0, 0.05) is 11.6 Å². The summed E-state index contributed by atoms with van der Waals surface area (Å²) >= 11 is 0. The molecule has 2 aromatic carbocycles. The number of sulfonamides is 1. The summed E-state index contributed by atoms with van der Waals surface area (Å²) < 4.78 is 26.7. The minimum Gasteiger partial charge on any atom is -0.279 e. The van der Waals surface area contributed by atoms with E-state index < -0.39 is 14.9 Å². The van der Waals surface area contributed by atoms with Crippen LogP contribution in [0.25, 0.3) is 0 Å². The first-order valence-electron chi connectivity index (χ1n) is 6.14. The molecule has 0 fully saturated rings. The predicted molar refractivity (Wildman–Crippen MR) is 79.8 cm³/mol. The molecule has 2 aromatic rings. The highest BCUT2D eigenvalue weighted by molar-refractivity contribution is 7.92. The van der Waals surface area contributed by atoms with Crippen LogP contribution in [0.1, 0.15) is 11.1 Å². The molecule has 110 valence electrons. The third-order valence-corrected chi connectivity index (χ3v) is 4.39. The number of nitro groups is 1. The molecule has 0 amide bonds. The minimum atomic E-state index is -3.76. The first-order valence-corrected chi connectivity index (χ1v) is 7.62. The van der Waals surface area contributed by atoms with Gasteiger partial charge in [-0.15, -0.1) is 0 Å². The van der Waals surface area contributed by atoms with Crippen molar-refractivity contribution in [2.24, 2.45) is 0 Å². The van der Waals surface area contributed by atoms with Gasteiger partial charge in [0.15, 0.2) is 0 Å². The van der Waals surface area contributed by atoms with Crippen LogP contribution in [0.3, 0.4) is 0 Å². The molecule has 0 atom stereocenters. The van der Waals surface area contributed by atoms with Crippen molar-refractivity contribution in [1.29, 1.82) is 0 Å². The molecule has 0 saturated carbocycles. The Balaban J connectivity index is 2.35. The maximum Gasteiger partial charge on any atom is 0.274 e. The van der Waals surface area contributed by atoms with Crippen molar-refractivity contribution in [3.63, 3.8) is 0 Å². The first kappa shape index (κ1) is 15.0. The van der Waals surface area contributed by atoms with Gasteiger partial charge in [-0.3, -0.25) is 14.8 Å². The molecule has 0 aliphatic carbocycles. The zero-order valence-electron chi connectivity index (χ0n) is 11.5. The van der Waals surface area contributed by atoms with Crippen LogP contribution in [0.4, 0.5) is 11.4 Å². The van der Waals surface area contributed by atoms with Gasteiger partial charge in [0.2, 0.25) is 0 Å². The molecule has 21 heavy (non-hydrogen) atoms. The summed E-state index contributed by atoms with van der Waals surface area (Å²) in [5.41, 5.74) is 1.45. The van der Waals surface area contributed by atoms with E-state index in [1.54, 1.807) is 19.1 Å². The molecular formula is C14H14N2O4S. The van der Waals surface area contributed by atoms with Crippen molar-refractivity contribution < 1.29 is 13.3 Å². The normalized spacial score (nSPS) is 11.1. The molecule has 0 spiro atoms. The van der Waals surface area contributed by atoms with E-state index in [2.05, 4.69) is 4.72 Å². The van der Waals surface area contributed by atoms with Crippen molar-refractivity contribution in [1.82, 2.24) is 0 Å². The Morgan fingerprint density at radius 2 is 1.67 bits per heavy atom. The fraction of sp³-hybridized carbons (Fsp3) is 0.143. The Hall–Kier alpha value is -2.41. The van der Waals surface area contributed by atoms with Gasteiger partial charge in [-0.05, 0) is 32.0 Å². The van der Waals surface area contributed by atoms with Gasteiger partial charge < -0.3 is 0 Å². The third kappa shape index (κ3) is 3.38. The summed E-state index contributed by atoms with van der Waals surface area (Å²) in [7, 11) is -3.76. The number of hydrogen-bond donors (Lipinski definition) is 1. The predicted octanol–water partition coefficient (Wildman–Crippen LogP) is 3.01. The average molecular weight is 306 g/mol. The summed E-state index contributed by atoms with van der Waals surface area (Å²) in [4.78, 5) is 10.4. The van der Waals surface area contributed by atoms with E-state index in [0.717, 1.165) is 5.56 Å². The molecule has 0 aromatic heterocycles. The van der Waals surface area contributed by atoms with Crippen molar-refractivity contribution in [2.75, 3.05) is 4.72 Å². The van der Waals surface area contributed by atoms with Gasteiger partial charge in [0.1, 0.15) is 0 Å². The maximum atomic E-state index is 12.2. The Labute approximate surface area is 122 Å². The zero-order valence-corrected chi connectivity index (χ0v) is 12.3. The summed E-state index contributed by atoms with van der Waals surface area (Å²) in [5.74, 6) is 0. The molecule has 0 radical (unpaired) electrons. The van der Waals surface area contributed by atoms with Crippen LogP contribution in [0, 0.1) is 24.0 Å². The number of anilines is 1. The Bertz CT molecular complexity index is 783. The van der Waals surface area contributed by atoms with Crippen LogP contribution in [-0.2, 0) is 10.0 Å². The van der Waals surface area contributed by atoms with Gasteiger partial charge in [0.05, 0.1) is 15.5 Å². The van der Waals surface area contributed by atoms with E-state index in [1.165, 1.54) is 30.3 Å². The molecule has 0 bridgehead atoms. The summed E-state index contributed by atoms with van der Waals surface area (Å²) in [6.07, 6.45) is 0. The topological polar surface area (TPSA) is 89.3 Å². The first-order chi connectivity index (χ1) is 9.79. The number of rotatable bonds is 4. The smallest absolute Gasteiger partial charge is 0.274 e. The van der Waals surface area contributed by atoms with Gasteiger partial charge in [-0.25, -0.2) is 8.42 Å². The second-order valence-corrected chi connectivity index (χ2v) is 6.36. The molecular weight excluding hydrogens is 292 g/mol. The lowest BCUT2D eigenvalue weighted by Gasteiger charge is -2.09. The largest absolute Gasteiger partial charge is 0.279 e. The van der Waals surface area contributed by atoms with Crippen LogP contribution in [0.15, 0.2) is 47.4 Å². The minimum absolute atomic E-state index is 0.108. The second-order valence-electron chi connectivity index (χ2n) is 4.68. The molecule has 0 aliphatic heterocycles. The van der Waals surface area contributed by atoms with Crippen LogP contribution < -0.4 is 4.72 Å². The Morgan fingerprint density at radius 3 is 2.24 bits per heavy atom. The third-order valence-electron chi connectivity index (χ3n) is 2.99. The number of nitrogens with one attached hydrogen (secondary N) is 1. The molecule has 0 saturated heterocycles. The fourth-order valence-corrected chi connectivity index (χ4v) is 2.85. The highest BCUT2D eigenvalue weighted by atomic mass is 32.2. The molecule has 7 heteroatoms. The van der Waals surface area contributed by atoms with E-state index in [9.17, 15) is 18.5 Å². The van der Waals surface area contributed by atoms with Crippen LogP contribution in [0.5, 0.6) is 0 Å². The quantitative estimate of drug-likeness (QED) is 0.694. The highest BCUT2D eigenvalue weighted by Crippen LogP contribution is 2.24. The molecule has 1 N–H and O–H groups in total. The number of aryl methyl sites for hydroxylation is 2. The Morgan fingerprint density at radius 1 is 1.05 bits per heavy atom. The molecule has 6 nitrogen and oxygen atoms in total. The van der Waals surface area contributed by atoms with Crippen molar-refractivity contribution in [3.8, 4) is 0 Å². The molecule has 0 unspecified atom stereocenters. The van der Waals surface area contributed by atoms with Crippen molar-refractivity contribution in [2.45, 2.75) is 18.7 Å². The lowest BCUT2D eigenvalue weighted by molar-refractivity contribution is -0.385. The number of benzene rings is 2. The van der Waals surface area contributed by atoms with Crippen LogP contribution in [0.2, 0.25) is 0 Å². The monoisotopic (exact) mass is 306 g/mol. The number of nitro benzene ring substituents is 1. The van der Waals surface area contributed by atoms with Gasteiger partial charge in [-0.2, -0.15) is 0 Å². The van der Waals surface area contributed by atoms with E-state index >= 15 is 0 Å². The number of hydrogen-bond acceptors (Lipinski definition) is 4. The molecule has 2 rings (SSSR count). The maximum absolute atomic E-state index is 12.2. The van der Waals surface area contributed by atoms with E-state index in [0.29, 0.717) is 5.56 Å². The summed E-state index contributed by atoms with van der Waals surface area (Å²) in [5, 5.41) is 10.9. The van der Waals surface area contributed by atoms with Crippen molar-refractivity contribution in [3.05, 3.63) is 63.7 Å². The molecule has 0 aliphatic rings. The lowest BCUT2D eigenvalue weighted by atomic mass is 10.2. The highest BCUT2D eigenvalue weighted by Gasteiger charge is 2.17. The SMILES string of the molecule is Cc1ccc(S(=O)(=O)Nc2ccc(C)c([N+](=O)[O-])c2)cc1. The van der Waals surface area contributed by atoms with Crippen molar-refractivity contribution >= 4 is 21.4 Å². The molecule has 0 heterocycles. The Kier molecular flexibility index (Phi) is 3.95. The van der Waals surface area contributed by atoms with Gasteiger partial charge in [0.25, 0.3) is 15.7 Å². The van der Waals surface area contributed by atoms with E-state index in [4.69, 9.17) is 0 Å². The lowest BCUT2D eigenvalue weighted by Crippen LogP contribution is -2.13. The van der Waals surface area contributed by atoms with E-state index in [-0.39, 0.29) is 16.3 Å².